The number of amides is 1. The van der Waals surface area contributed by atoms with Gasteiger partial charge in [0.25, 0.3) is 5.91 Å². The van der Waals surface area contributed by atoms with Crippen molar-refractivity contribution in [2.45, 2.75) is 12.8 Å². The van der Waals surface area contributed by atoms with E-state index in [2.05, 4.69) is 24.0 Å². The summed E-state index contributed by atoms with van der Waals surface area (Å²) in [5.74, 6) is 0.678. The maximum absolute atomic E-state index is 12.3. The highest BCUT2D eigenvalue weighted by Crippen LogP contribution is 2.19. The van der Waals surface area contributed by atoms with E-state index in [1.165, 1.54) is 0 Å². The van der Waals surface area contributed by atoms with Gasteiger partial charge in [-0.3, -0.25) is 9.78 Å². The van der Waals surface area contributed by atoms with Gasteiger partial charge in [-0.25, -0.2) is 0 Å². The van der Waals surface area contributed by atoms with E-state index in [1.807, 2.05) is 4.90 Å². The smallest absolute Gasteiger partial charge is 0.272 e. The summed E-state index contributed by atoms with van der Waals surface area (Å²) >= 11 is 5.89. The largest absolute Gasteiger partial charge is 0.337 e. The third kappa shape index (κ3) is 3.91. The lowest BCUT2D eigenvalue weighted by molar-refractivity contribution is 0.0672. The van der Waals surface area contributed by atoms with Crippen LogP contribution in [0.3, 0.4) is 0 Å². The number of rotatable bonds is 3. The molecule has 1 aromatic rings. The Morgan fingerprint density at radius 3 is 2.74 bits per heavy atom. The maximum atomic E-state index is 12.3. The number of carbonyl (C=O) groups excluding carboxylic acids is 1. The van der Waals surface area contributed by atoms with E-state index in [9.17, 15) is 4.79 Å². The Kier molecular flexibility index (Phi) is 4.77. The average Bonchev–Trinajstić information content (AvgIpc) is 2.38. The normalized spacial score (nSPS) is 16.9. The van der Waals surface area contributed by atoms with E-state index in [0.29, 0.717) is 16.6 Å². The Hall–Kier alpha value is -1.13. The molecule has 104 valence electrons. The fourth-order valence-electron chi connectivity index (χ4n) is 2.52. The molecule has 1 fully saturated rings. The van der Waals surface area contributed by atoms with Crippen LogP contribution < -0.4 is 0 Å². The molecule has 0 spiro atoms. The highest BCUT2D eigenvalue weighted by atomic mass is 35.5. The molecular formula is C14H20ClN3O. The van der Waals surface area contributed by atoms with Gasteiger partial charge in [0, 0.05) is 30.9 Å². The van der Waals surface area contributed by atoms with Gasteiger partial charge in [-0.1, -0.05) is 11.6 Å². The topological polar surface area (TPSA) is 36.4 Å². The molecule has 0 unspecified atom stereocenters. The zero-order valence-corrected chi connectivity index (χ0v) is 12.2. The first-order valence-electron chi connectivity index (χ1n) is 6.62. The van der Waals surface area contributed by atoms with Crippen LogP contribution in [-0.4, -0.2) is 54.4 Å². The molecule has 1 saturated heterocycles. The molecule has 5 heteroatoms. The molecule has 1 aliphatic rings. The maximum Gasteiger partial charge on any atom is 0.272 e. The third-order valence-electron chi connectivity index (χ3n) is 3.47. The van der Waals surface area contributed by atoms with Crippen LogP contribution in [0.2, 0.25) is 5.02 Å². The zero-order valence-electron chi connectivity index (χ0n) is 11.5. The fourth-order valence-corrected chi connectivity index (χ4v) is 2.68. The SMILES string of the molecule is CN(C)CC1CCN(C(=O)c2cc(Cl)ccn2)CC1. The van der Waals surface area contributed by atoms with Crippen LogP contribution in [0.15, 0.2) is 18.3 Å². The van der Waals surface area contributed by atoms with Gasteiger partial charge in [-0.15, -0.1) is 0 Å². The highest BCUT2D eigenvalue weighted by molar-refractivity contribution is 6.30. The van der Waals surface area contributed by atoms with Gasteiger partial charge in [0.1, 0.15) is 5.69 Å². The molecular weight excluding hydrogens is 262 g/mol. The van der Waals surface area contributed by atoms with Gasteiger partial charge in [-0.2, -0.15) is 0 Å². The van der Waals surface area contributed by atoms with Crippen LogP contribution in [-0.2, 0) is 0 Å². The van der Waals surface area contributed by atoms with E-state index in [0.717, 1.165) is 32.5 Å². The first kappa shape index (κ1) is 14.3. The van der Waals surface area contributed by atoms with Crippen LogP contribution >= 0.6 is 11.6 Å². The summed E-state index contributed by atoms with van der Waals surface area (Å²) in [6.45, 7) is 2.72. The van der Waals surface area contributed by atoms with Crippen molar-refractivity contribution < 1.29 is 4.79 Å². The Balaban J connectivity index is 1.92. The van der Waals surface area contributed by atoms with Crippen LogP contribution in [0.1, 0.15) is 23.3 Å². The molecule has 1 aromatic heterocycles. The van der Waals surface area contributed by atoms with Crippen molar-refractivity contribution in [1.29, 1.82) is 0 Å². The van der Waals surface area contributed by atoms with Crippen molar-refractivity contribution in [2.24, 2.45) is 5.92 Å². The summed E-state index contributed by atoms with van der Waals surface area (Å²) in [5.41, 5.74) is 0.443. The summed E-state index contributed by atoms with van der Waals surface area (Å²) in [4.78, 5) is 20.5. The average molecular weight is 282 g/mol. The van der Waals surface area contributed by atoms with E-state index in [1.54, 1.807) is 18.3 Å². The van der Waals surface area contributed by atoms with Gasteiger partial charge in [0.05, 0.1) is 0 Å². The standard InChI is InChI=1S/C14H20ClN3O/c1-17(2)10-11-4-7-18(8-5-11)14(19)13-9-12(15)3-6-16-13/h3,6,9,11H,4-5,7-8,10H2,1-2H3. The molecule has 0 atom stereocenters. The number of carbonyl (C=O) groups is 1. The lowest BCUT2D eigenvalue weighted by Crippen LogP contribution is -2.40. The van der Waals surface area contributed by atoms with E-state index in [4.69, 9.17) is 11.6 Å². The van der Waals surface area contributed by atoms with Crippen LogP contribution in [0.4, 0.5) is 0 Å². The van der Waals surface area contributed by atoms with Crippen molar-refractivity contribution in [3.63, 3.8) is 0 Å². The van der Waals surface area contributed by atoms with Gasteiger partial charge in [0.15, 0.2) is 0 Å². The molecule has 0 N–H and O–H groups in total. The highest BCUT2D eigenvalue weighted by Gasteiger charge is 2.24. The molecule has 4 nitrogen and oxygen atoms in total. The molecule has 0 aliphatic carbocycles. The minimum atomic E-state index is -0.00852. The third-order valence-corrected chi connectivity index (χ3v) is 3.70. The number of aromatic nitrogens is 1. The lowest BCUT2D eigenvalue weighted by Gasteiger charge is -2.33. The number of nitrogens with zero attached hydrogens (tertiary/aromatic N) is 3. The van der Waals surface area contributed by atoms with Crippen molar-refractivity contribution in [2.75, 3.05) is 33.7 Å². The summed E-state index contributed by atoms with van der Waals surface area (Å²) < 4.78 is 0. The monoisotopic (exact) mass is 281 g/mol. The number of hydrogen-bond acceptors (Lipinski definition) is 3. The quantitative estimate of drug-likeness (QED) is 0.852. The molecule has 0 bridgehead atoms. The molecule has 0 radical (unpaired) electrons. The minimum absolute atomic E-state index is 0.00852. The van der Waals surface area contributed by atoms with E-state index in [-0.39, 0.29) is 5.91 Å². The van der Waals surface area contributed by atoms with Crippen molar-refractivity contribution >= 4 is 17.5 Å². The summed E-state index contributed by atoms with van der Waals surface area (Å²) in [7, 11) is 4.18. The van der Waals surface area contributed by atoms with E-state index < -0.39 is 0 Å². The van der Waals surface area contributed by atoms with Crippen LogP contribution in [0, 0.1) is 5.92 Å². The predicted molar refractivity (Wildman–Crippen MR) is 76.4 cm³/mol. The van der Waals surface area contributed by atoms with Gasteiger partial charge in [-0.05, 0) is 45.0 Å². The van der Waals surface area contributed by atoms with Gasteiger partial charge >= 0.3 is 0 Å². The second-order valence-electron chi connectivity index (χ2n) is 5.36. The minimum Gasteiger partial charge on any atom is -0.337 e. The van der Waals surface area contributed by atoms with Gasteiger partial charge < -0.3 is 9.80 Å². The Morgan fingerprint density at radius 2 is 2.16 bits per heavy atom. The predicted octanol–water partition coefficient (Wildman–Crippen LogP) is 2.15. The molecule has 1 aliphatic heterocycles. The lowest BCUT2D eigenvalue weighted by atomic mass is 9.96. The number of piperidine rings is 1. The molecule has 0 saturated carbocycles. The molecule has 1 amide bonds. The summed E-state index contributed by atoms with van der Waals surface area (Å²) in [5, 5.41) is 0.556. The van der Waals surface area contributed by atoms with E-state index >= 15 is 0 Å². The second kappa shape index (κ2) is 6.35. The number of hydrogen-bond donors (Lipinski definition) is 0. The Bertz CT molecular complexity index is 442. The van der Waals surface area contributed by atoms with Crippen LogP contribution in [0.5, 0.6) is 0 Å². The number of pyridine rings is 1. The molecule has 0 aromatic carbocycles. The van der Waals surface area contributed by atoms with Gasteiger partial charge in [0.2, 0.25) is 0 Å². The van der Waals surface area contributed by atoms with Crippen molar-refractivity contribution in [1.82, 2.24) is 14.8 Å². The summed E-state index contributed by atoms with van der Waals surface area (Å²) in [6, 6.07) is 3.32. The number of likely N-dealkylation sites (tertiary alicyclic amines) is 1. The second-order valence-corrected chi connectivity index (χ2v) is 5.79. The first-order chi connectivity index (χ1) is 9.06. The summed E-state index contributed by atoms with van der Waals surface area (Å²) in [6.07, 6.45) is 3.70. The number of halogens is 1. The Labute approximate surface area is 119 Å². The zero-order chi connectivity index (χ0) is 13.8. The fraction of sp³-hybridized carbons (Fsp3) is 0.571. The van der Waals surface area contributed by atoms with Crippen molar-refractivity contribution in [3.05, 3.63) is 29.0 Å². The molecule has 2 heterocycles. The van der Waals surface area contributed by atoms with Crippen molar-refractivity contribution in [3.8, 4) is 0 Å². The Morgan fingerprint density at radius 1 is 1.47 bits per heavy atom. The molecule has 2 rings (SSSR count). The molecule has 19 heavy (non-hydrogen) atoms. The first-order valence-corrected chi connectivity index (χ1v) is 6.99. The van der Waals surface area contributed by atoms with Crippen LogP contribution in [0.25, 0.3) is 0 Å².